The topological polar surface area (TPSA) is 66.5 Å². The van der Waals surface area contributed by atoms with Crippen molar-refractivity contribution in [3.63, 3.8) is 0 Å². The van der Waals surface area contributed by atoms with Gasteiger partial charge in [0.1, 0.15) is 5.82 Å². The van der Waals surface area contributed by atoms with E-state index in [1.165, 1.54) is 19.3 Å². The molecule has 1 amide bonds. The Morgan fingerprint density at radius 1 is 1.29 bits per heavy atom. The van der Waals surface area contributed by atoms with E-state index in [2.05, 4.69) is 20.5 Å². The molecular formula is C16H26Cl2N4O2. The minimum atomic E-state index is -0.0266. The molecule has 1 aromatic rings. The molecule has 2 fully saturated rings. The van der Waals surface area contributed by atoms with E-state index in [0.29, 0.717) is 18.8 Å². The van der Waals surface area contributed by atoms with Crippen LogP contribution in [0.5, 0.6) is 0 Å². The largest absolute Gasteiger partial charge is 0.378 e. The molecule has 136 valence electrons. The minimum Gasteiger partial charge on any atom is -0.378 e. The average molecular weight is 377 g/mol. The molecule has 0 bridgehead atoms. The van der Waals surface area contributed by atoms with Crippen LogP contribution in [-0.2, 0) is 9.53 Å². The maximum Gasteiger partial charge on any atom is 0.227 e. The Balaban J connectivity index is 0.00000144. The molecule has 3 rings (SSSR count). The molecule has 1 atom stereocenters. The summed E-state index contributed by atoms with van der Waals surface area (Å²) >= 11 is 0. The van der Waals surface area contributed by atoms with Crippen molar-refractivity contribution in [1.29, 1.82) is 0 Å². The number of nitrogens with one attached hydrogen (secondary N) is 2. The standard InChI is InChI=1S/C16H24N4O2.2ClH/c21-16(10-13-12-22-9-6-17-13)19-15-5-4-14(11-18-15)20-7-2-1-3-8-20;;/h4-5,11,13,17H,1-3,6-10,12H2,(H,18,19,21);2*1H. The van der Waals surface area contributed by atoms with E-state index in [4.69, 9.17) is 4.74 Å². The van der Waals surface area contributed by atoms with E-state index in [-0.39, 0.29) is 36.8 Å². The predicted octanol–water partition coefficient (Wildman–Crippen LogP) is 2.23. The summed E-state index contributed by atoms with van der Waals surface area (Å²) in [6.07, 6.45) is 6.07. The lowest BCUT2D eigenvalue weighted by Gasteiger charge is -2.28. The zero-order valence-corrected chi connectivity index (χ0v) is 15.3. The predicted molar refractivity (Wildman–Crippen MR) is 101 cm³/mol. The van der Waals surface area contributed by atoms with Crippen molar-refractivity contribution in [1.82, 2.24) is 10.3 Å². The van der Waals surface area contributed by atoms with Gasteiger partial charge in [-0.3, -0.25) is 4.79 Å². The van der Waals surface area contributed by atoms with Gasteiger partial charge in [0.15, 0.2) is 0 Å². The Bertz CT molecular complexity index is 489. The number of anilines is 2. The molecule has 0 aliphatic carbocycles. The normalized spacial score (nSPS) is 20.5. The Morgan fingerprint density at radius 3 is 2.71 bits per heavy atom. The Kier molecular flexibility index (Phi) is 9.36. The first-order chi connectivity index (χ1) is 10.8. The van der Waals surface area contributed by atoms with Crippen molar-refractivity contribution in [2.45, 2.75) is 31.7 Å². The number of carbonyl (C=O) groups is 1. The molecule has 2 N–H and O–H groups in total. The van der Waals surface area contributed by atoms with Crippen molar-refractivity contribution >= 4 is 42.2 Å². The average Bonchev–Trinajstić information content (AvgIpc) is 2.57. The number of hydrogen-bond acceptors (Lipinski definition) is 5. The second-order valence-electron chi connectivity index (χ2n) is 5.93. The van der Waals surface area contributed by atoms with Crippen LogP contribution in [0, 0.1) is 0 Å². The summed E-state index contributed by atoms with van der Waals surface area (Å²) in [6.45, 7) is 4.31. The number of nitrogens with zero attached hydrogens (tertiary/aromatic N) is 2. The van der Waals surface area contributed by atoms with Crippen molar-refractivity contribution < 1.29 is 9.53 Å². The lowest BCUT2D eigenvalue weighted by molar-refractivity contribution is -0.117. The van der Waals surface area contributed by atoms with Crippen LogP contribution in [0.3, 0.4) is 0 Å². The molecule has 3 heterocycles. The molecule has 0 aromatic carbocycles. The van der Waals surface area contributed by atoms with Gasteiger partial charge in [-0.25, -0.2) is 4.98 Å². The first-order valence-electron chi connectivity index (χ1n) is 8.13. The van der Waals surface area contributed by atoms with Crippen molar-refractivity contribution in [3.05, 3.63) is 18.3 Å². The van der Waals surface area contributed by atoms with Crippen LogP contribution in [0.1, 0.15) is 25.7 Å². The Labute approximate surface area is 155 Å². The second-order valence-corrected chi connectivity index (χ2v) is 5.93. The maximum absolute atomic E-state index is 12.0. The quantitative estimate of drug-likeness (QED) is 0.843. The number of aromatic nitrogens is 1. The highest BCUT2D eigenvalue weighted by Gasteiger charge is 2.17. The molecule has 1 unspecified atom stereocenters. The van der Waals surface area contributed by atoms with Crippen molar-refractivity contribution in [2.24, 2.45) is 0 Å². The van der Waals surface area contributed by atoms with Gasteiger partial charge in [0, 0.05) is 32.1 Å². The van der Waals surface area contributed by atoms with Gasteiger partial charge in [-0.2, -0.15) is 0 Å². The summed E-state index contributed by atoms with van der Waals surface area (Å²) in [5, 5.41) is 6.13. The first-order valence-corrected chi connectivity index (χ1v) is 8.13. The first kappa shape index (κ1) is 21.0. The number of hydrogen-bond donors (Lipinski definition) is 2. The third-order valence-electron chi connectivity index (χ3n) is 4.17. The summed E-state index contributed by atoms with van der Waals surface area (Å²) in [7, 11) is 0. The molecule has 8 heteroatoms. The molecule has 2 aliphatic rings. The zero-order chi connectivity index (χ0) is 15.2. The highest BCUT2D eigenvalue weighted by atomic mass is 35.5. The molecule has 0 spiro atoms. The Morgan fingerprint density at radius 2 is 2.08 bits per heavy atom. The van der Waals surface area contributed by atoms with E-state index in [1.807, 2.05) is 18.3 Å². The second kappa shape index (κ2) is 10.7. The van der Waals surface area contributed by atoms with Crippen LogP contribution in [0.4, 0.5) is 11.5 Å². The van der Waals surface area contributed by atoms with E-state index in [0.717, 1.165) is 31.9 Å². The molecular weight excluding hydrogens is 351 g/mol. The monoisotopic (exact) mass is 376 g/mol. The number of morpholine rings is 1. The number of pyridine rings is 1. The summed E-state index contributed by atoms with van der Waals surface area (Å²) in [5.74, 6) is 0.587. The lowest BCUT2D eigenvalue weighted by atomic mass is 10.1. The van der Waals surface area contributed by atoms with Gasteiger partial charge in [-0.05, 0) is 31.4 Å². The van der Waals surface area contributed by atoms with E-state index < -0.39 is 0 Å². The third-order valence-corrected chi connectivity index (χ3v) is 4.17. The number of carbonyl (C=O) groups excluding carboxylic acids is 1. The number of rotatable bonds is 4. The summed E-state index contributed by atoms with van der Waals surface area (Å²) < 4.78 is 5.35. The van der Waals surface area contributed by atoms with Crippen LogP contribution in [-0.4, -0.2) is 49.8 Å². The summed E-state index contributed by atoms with van der Waals surface area (Å²) in [4.78, 5) is 18.7. The molecule has 24 heavy (non-hydrogen) atoms. The van der Waals surface area contributed by atoms with E-state index >= 15 is 0 Å². The molecule has 1 aromatic heterocycles. The van der Waals surface area contributed by atoms with Crippen LogP contribution in [0.15, 0.2) is 18.3 Å². The molecule has 0 saturated carbocycles. The molecule has 2 saturated heterocycles. The van der Waals surface area contributed by atoms with Crippen molar-refractivity contribution in [2.75, 3.05) is 43.1 Å². The van der Waals surface area contributed by atoms with Crippen molar-refractivity contribution in [3.8, 4) is 0 Å². The highest BCUT2D eigenvalue weighted by Crippen LogP contribution is 2.20. The van der Waals surface area contributed by atoms with Crippen LogP contribution in [0.2, 0.25) is 0 Å². The number of amides is 1. The lowest BCUT2D eigenvalue weighted by Crippen LogP contribution is -2.43. The summed E-state index contributed by atoms with van der Waals surface area (Å²) in [6, 6.07) is 4.02. The maximum atomic E-state index is 12.0. The fraction of sp³-hybridized carbons (Fsp3) is 0.625. The summed E-state index contributed by atoms with van der Waals surface area (Å²) in [5.41, 5.74) is 1.14. The van der Waals surface area contributed by atoms with Gasteiger partial charge in [-0.15, -0.1) is 24.8 Å². The number of piperidine rings is 1. The van der Waals surface area contributed by atoms with E-state index in [9.17, 15) is 4.79 Å². The zero-order valence-electron chi connectivity index (χ0n) is 13.7. The van der Waals surface area contributed by atoms with Gasteiger partial charge < -0.3 is 20.3 Å². The smallest absolute Gasteiger partial charge is 0.227 e. The van der Waals surface area contributed by atoms with Crippen LogP contribution >= 0.6 is 24.8 Å². The van der Waals surface area contributed by atoms with Crippen LogP contribution < -0.4 is 15.5 Å². The highest BCUT2D eigenvalue weighted by molar-refractivity contribution is 5.90. The fourth-order valence-corrected chi connectivity index (χ4v) is 2.97. The van der Waals surface area contributed by atoms with Gasteiger partial charge >= 0.3 is 0 Å². The minimum absolute atomic E-state index is 0. The van der Waals surface area contributed by atoms with E-state index in [1.54, 1.807) is 0 Å². The number of halogens is 2. The van der Waals surface area contributed by atoms with Gasteiger partial charge in [-0.1, -0.05) is 0 Å². The Hall–Kier alpha value is -1.08. The van der Waals surface area contributed by atoms with Gasteiger partial charge in [0.25, 0.3) is 0 Å². The SMILES string of the molecule is Cl.Cl.O=C(CC1COCCN1)Nc1ccc(N2CCCCC2)cn1. The fourth-order valence-electron chi connectivity index (χ4n) is 2.97. The molecule has 2 aliphatic heterocycles. The van der Waals surface area contributed by atoms with Gasteiger partial charge in [0.05, 0.1) is 25.1 Å². The van der Waals surface area contributed by atoms with Crippen LogP contribution in [0.25, 0.3) is 0 Å². The molecule has 6 nitrogen and oxygen atoms in total. The number of ether oxygens (including phenoxy) is 1. The third kappa shape index (κ3) is 6.09. The van der Waals surface area contributed by atoms with Gasteiger partial charge in [0.2, 0.25) is 5.91 Å². The molecule has 0 radical (unpaired) electrons.